The fourth-order valence-corrected chi connectivity index (χ4v) is 3.02. The second-order valence-corrected chi connectivity index (χ2v) is 6.20. The number of hydrogen-bond acceptors (Lipinski definition) is 3. The van der Waals surface area contributed by atoms with Crippen molar-refractivity contribution in [3.63, 3.8) is 0 Å². The summed E-state index contributed by atoms with van der Waals surface area (Å²) in [7, 11) is 1.72. The third-order valence-electron chi connectivity index (χ3n) is 3.65. The van der Waals surface area contributed by atoms with Gasteiger partial charge in [-0.1, -0.05) is 34.5 Å². The molecule has 1 aromatic rings. The van der Waals surface area contributed by atoms with Crippen LogP contribution in [0.3, 0.4) is 0 Å². The molecule has 20 heavy (non-hydrogen) atoms. The van der Waals surface area contributed by atoms with Crippen molar-refractivity contribution in [2.24, 2.45) is 5.73 Å². The molecular weight excluding hydrogens is 340 g/mol. The lowest BCUT2D eigenvalue weighted by molar-refractivity contribution is 0.0900. The molecule has 0 aromatic heterocycles. The Morgan fingerprint density at radius 2 is 2.15 bits per heavy atom. The van der Waals surface area contributed by atoms with Gasteiger partial charge in [0.15, 0.2) is 0 Å². The van der Waals surface area contributed by atoms with Crippen molar-refractivity contribution < 1.29 is 4.74 Å². The van der Waals surface area contributed by atoms with E-state index in [1.54, 1.807) is 7.11 Å². The van der Waals surface area contributed by atoms with Crippen LogP contribution >= 0.6 is 27.5 Å². The molecule has 114 valence electrons. The summed E-state index contributed by atoms with van der Waals surface area (Å²) in [6, 6.07) is 6.42. The lowest BCUT2D eigenvalue weighted by atomic mass is 10.0. The predicted molar refractivity (Wildman–Crippen MR) is 89.3 cm³/mol. The zero-order chi connectivity index (χ0) is 15.1. The average molecular weight is 364 g/mol. The van der Waals surface area contributed by atoms with Crippen LogP contribution in [0.2, 0.25) is 5.02 Å². The molecule has 1 rings (SSSR count). The van der Waals surface area contributed by atoms with Gasteiger partial charge in [0.1, 0.15) is 0 Å². The Hall–Kier alpha value is -0.130. The first kappa shape index (κ1) is 17.9. The monoisotopic (exact) mass is 362 g/mol. The molecule has 0 saturated carbocycles. The predicted octanol–water partition coefficient (Wildman–Crippen LogP) is 3.85. The first-order valence-electron chi connectivity index (χ1n) is 6.94. The van der Waals surface area contributed by atoms with Gasteiger partial charge in [0.25, 0.3) is 0 Å². The SMILES string of the molecule is CCC(C)N(CCOC)C(CN)c1cc(Cl)ccc1Br. The molecule has 2 atom stereocenters. The zero-order valence-electron chi connectivity index (χ0n) is 12.4. The van der Waals surface area contributed by atoms with Gasteiger partial charge in [0.2, 0.25) is 0 Å². The normalized spacial score (nSPS) is 14.6. The second kappa shape index (κ2) is 9.00. The van der Waals surface area contributed by atoms with Gasteiger partial charge in [-0.2, -0.15) is 0 Å². The molecule has 0 amide bonds. The van der Waals surface area contributed by atoms with E-state index in [1.807, 2.05) is 18.2 Å². The van der Waals surface area contributed by atoms with Gasteiger partial charge in [-0.05, 0) is 37.1 Å². The Labute approximate surface area is 135 Å². The third-order valence-corrected chi connectivity index (χ3v) is 4.61. The molecule has 0 aliphatic carbocycles. The number of ether oxygens (including phenoxy) is 1. The minimum Gasteiger partial charge on any atom is -0.383 e. The van der Waals surface area contributed by atoms with E-state index in [0.717, 1.165) is 28.0 Å². The maximum absolute atomic E-state index is 6.14. The van der Waals surface area contributed by atoms with Gasteiger partial charge in [0.05, 0.1) is 6.61 Å². The van der Waals surface area contributed by atoms with Crippen molar-refractivity contribution in [2.75, 3.05) is 26.8 Å². The molecular formula is C15H24BrClN2O. The van der Waals surface area contributed by atoms with E-state index < -0.39 is 0 Å². The van der Waals surface area contributed by atoms with Gasteiger partial charge in [-0.25, -0.2) is 0 Å². The lowest BCUT2D eigenvalue weighted by Gasteiger charge is -2.36. The van der Waals surface area contributed by atoms with E-state index in [2.05, 4.69) is 34.7 Å². The fraction of sp³-hybridized carbons (Fsp3) is 0.600. The molecule has 2 unspecified atom stereocenters. The van der Waals surface area contributed by atoms with Crippen LogP contribution in [-0.2, 0) is 4.74 Å². The number of hydrogen-bond donors (Lipinski definition) is 1. The molecule has 0 aliphatic heterocycles. The average Bonchev–Trinajstić information content (AvgIpc) is 2.45. The highest BCUT2D eigenvalue weighted by Gasteiger charge is 2.24. The molecule has 0 fully saturated rings. The van der Waals surface area contributed by atoms with E-state index in [1.165, 1.54) is 0 Å². The molecule has 5 heteroatoms. The number of nitrogens with two attached hydrogens (primary N) is 1. The van der Waals surface area contributed by atoms with E-state index in [0.29, 0.717) is 19.2 Å². The molecule has 0 spiro atoms. The van der Waals surface area contributed by atoms with E-state index in [9.17, 15) is 0 Å². The van der Waals surface area contributed by atoms with Crippen LogP contribution in [0.1, 0.15) is 31.9 Å². The molecule has 3 nitrogen and oxygen atoms in total. The summed E-state index contributed by atoms with van der Waals surface area (Å²) < 4.78 is 6.28. The fourth-order valence-electron chi connectivity index (χ4n) is 2.33. The highest BCUT2D eigenvalue weighted by atomic mass is 79.9. The number of rotatable bonds is 8. The molecule has 0 heterocycles. The summed E-state index contributed by atoms with van der Waals surface area (Å²) in [5.74, 6) is 0. The summed E-state index contributed by atoms with van der Waals surface area (Å²) in [6.07, 6.45) is 1.07. The van der Waals surface area contributed by atoms with Crippen molar-refractivity contribution in [3.05, 3.63) is 33.3 Å². The number of nitrogens with zero attached hydrogens (tertiary/aromatic N) is 1. The molecule has 0 aliphatic rings. The third kappa shape index (κ3) is 4.71. The Morgan fingerprint density at radius 1 is 1.45 bits per heavy atom. The number of methoxy groups -OCH3 is 1. The maximum Gasteiger partial charge on any atom is 0.0590 e. The Bertz CT molecular complexity index is 417. The van der Waals surface area contributed by atoms with Crippen LogP contribution in [-0.4, -0.2) is 37.7 Å². The number of halogens is 2. The van der Waals surface area contributed by atoms with Crippen LogP contribution in [0.25, 0.3) is 0 Å². The highest BCUT2D eigenvalue weighted by molar-refractivity contribution is 9.10. The van der Waals surface area contributed by atoms with Gasteiger partial charge in [-0.15, -0.1) is 0 Å². The Morgan fingerprint density at radius 3 is 2.70 bits per heavy atom. The van der Waals surface area contributed by atoms with Crippen molar-refractivity contribution in [3.8, 4) is 0 Å². The standard InChI is InChI=1S/C15H24BrClN2O/c1-4-11(2)19(7-8-20-3)15(10-18)13-9-12(17)5-6-14(13)16/h5-6,9,11,15H,4,7-8,10,18H2,1-3H3. The minimum absolute atomic E-state index is 0.133. The Kier molecular flexibility index (Phi) is 8.07. The topological polar surface area (TPSA) is 38.5 Å². The quantitative estimate of drug-likeness (QED) is 0.762. The van der Waals surface area contributed by atoms with Crippen LogP contribution in [0.15, 0.2) is 22.7 Å². The van der Waals surface area contributed by atoms with Gasteiger partial charge in [0, 0.05) is 41.8 Å². The summed E-state index contributed by atoms with van der Waals surface area (Å²) in [5.41, 5.74) is 7.18. The molecule has 0 radical (unpaired) electrons. The molecule has 2 N–H and O–H groups in total. The van der Waals surface area contributed by atoms with Gasteiger partial charge < -0.3 is 10.5 Å². The van der Waals surface area contributed by atoms with Gasteiger partial charge in [-0.3, -0.25) is 4.90 Å². The first-order chi connectivity index (χ1) is 9.54. The summed E-state index contributed by atoms with van der Waals surface area (Å²) in [4.78, 5) is 2.39. The summed E-state index contributed by atoms with van der Waals surface area (Å²) >= 11 is 9.74. The van der Waals surface area contributed by atoms with Crippen LogP contribution < -0.4 is 5.73 Å². The summed E-state index contributed by atoms with van der Waals surface area (Å²) in [6.45, 7) is 6.50. The van der Waals surface area contributed by atoms with Gasteiger partial charge >= 0.3 is 0 Å². The lowest BCUT2D eigenvalue weighted by Crippen LogP contribution is -2.41. The van der Waals surface area contributed by atoms with E-state index in [4.69, 9.17) is 22.1 Å². The van der Waals surface area contributed by atoms with Crippen LogP contribution in [0, 0.1) is 0 Å². The highest BCUT2D eigenvalue weighted by Crippen LogP contribution is 2.31. The van der Waals surface area contributed by atoms with Crippen LogP contribution in [0.4, 0.5) is 0 Å². The molecule has 0 saturated heterocycles. The maximum atomic E-state index is 6.14. The Balaban J connectivity index is 3.07. The zero-order valence-corrected chi connectivity index (χ0v) is 14.7. The number of benzene rings is 1. The van der Waals surface area contributed by atoms with Crippen molar-refractivity contribution >= 4 is 27.5 Å². The van der Waals surface area contributed by atoms with E-state index in [-0.39, 0.29) is 6.04 Å². The van der Waals surface area contributed by atoms with Crippen molar-refractivity contribution in [1.29, 1.82) is 0 Å². The second-order valence-electron chi connectivity index (χ2n) is 4.91. The van der Waals surface area contributed by atoms with E-state index >= 15 is 0 Å². The summed E-state index contributed by atoms with van der Waals surface area (Å²) in [5, 5.41) is 0.734. The molecule has 1 aromatic carbocycles. The smallest absolute Gasteiger partial charge is 0.0590 e. The van der Waals surface area contributed by atoms with Crippen molar-refractivity contribution in [2.45, 2.75) is 32.4 Å². The first-order valence-corrected chi connectivity index (χ1v) is 8.11. The van der Waals surface area contributed by atoms with Crippen LogP contribution in [0.5, 0.6) is 0 Å². The minimum atomic E-state index is 0.133. The van der Waals surface area contributed by atoms with Crippen molar-refractivity contribution in [1.82, 2.24) is 4.90 Å². The molecule has 0 bridgehead atoms. The largest absolute Gasteiger partial charge is 0.383 e.